The Morgan fingerprint density at radius 3 is 2.40 bits per heavy atom. The van der Waals surface area contributed by atoms with Crippen molar-refractivity contribution in [2.45, 2.75) is 13.1 Å². The molecule has 6 nitrogen and oxygen atoms in total. The van der Waals surface area contributed by atoms with Crippen LogP contribution in [0.4, 0.5) is 5.69 Å². The second-order valence-corrected chi connectivity index (χ2v) is 10.3. The molecule has 0 radical (unpaired) electrons. The molecule has 0 unspecified atom stereocenters. The summed E-state index contributed by atoms with van der Waals surface area (Å²) in [5.74, 6) is 0.827. The zero-order chi connectivity index (χ0) is 24.1. The van der Waals surface area contributed by atoms with Crippen LogP contribution in [0.2, 0.25) is 5.02 Å². The smallest absolute Gasteiger partial charge is 0.267 e. The topological polar surface area (TPSA) is 59.1 Å². The van der Waals surface area contributed by atoms with Crippen LogP contribution in [-0.4, -0.2) is 27.8 Å². The number of fused-ring (bicyclic) bond motifs is 2. The van der Waals surface area contributed by atoms with E-state index in [2.05, 4.69) is 0 Å². The highest BCUT2D eigenvalue weighted by Gasteiger charge is 2.42. The number of para-hydroxylation sites is 1. The zero-order valence-electron chi connectivity index (χ0n) is 18.2. The van der Waals surface area contributed by atoms with Crippen molar-refractivity contribution in [3.8, 4) is 11.5 Å². The highest BCUT2D eigenvalue weighted by atomic mass is 35.5. The predicted molar refractivity (Wildman–Crippen MR) is 139 cm³/mol. The SMILES string of the molecule is O=C1C(=C2C(=O)N(Cc3ccc(Cl)cc3)c3ccccc32)SC(=S)N1Cc1ccc2c(c1)OCO2. The molecule has 9 heteroatoms. The van der Waals surface area contributed by atoms with E-state index in [0.717, 1.165) is 22.4 Å². The van der Waals surface area contributed by atoms with Gasteiger partial charge in [-0.25, -0.2) is 0 Å². The molecule has 0 saturated carbocycles. The van der Waals surface area contributed by atoms with Crippen LogP contribution in [0.1, 0.15) is 16.7 Å². The average Bonchev–Trinajstić information content (AvgIpc) is 3.51. The lowest BCUT2D eigenvalue weighted by atomic mass is 10.1. The predicted octanol–water partition coefficient (Wildman–Crippen LogP) is 5.39. The van der Waals surface area contributed by atoms with E-state index < -0.39 is 0 Å². The lowest BCUT2D eigenvalue weighted by Gasteiger charge is -2.17. The molecule has 3 aromatic carbocycles. The number of thiocarbonyl (C=S) groups is 1. The molecule has 3 heterocycles. The van der Waals surface area contributed by atoms with Crippen molar-refractivity contribution in [2.75, 3.05) is 11.7 Å². The van der Waals surface area contributed by atoms with Crippen molar-refractivity contribution in [1.82, 2.24) is 4.90 Å². The van der Waals surface area contributed by atoms with Crippen molar-refractivity contribution < 1.29 is 19.1 Å². The summed E-state index contributed by atoms with van der Waals surface area (Å²) < 4.78 is 11.2. The van der Waals surface area contributed by atoms with Gasteiger partial charge in [-0.2, -0.15) is 0 Å². The summed E-state index contributed by atoms with van der Waals surface area (Å²) in [5.41, 5.74) is 3.69. The van der Waals surface area contributed by atoms with E-state index in [1.807, 2.05) is 54.6 Å². The molecule has 3 aliphatic heterocycles. The Kier molecular flexibility index (Phi) is 5.51. The molecule has 3 aromatic rings. The number of anilines is 1. The summed E-state index contributed by atoms with van der Waals surface area (Å²) in [6.07, 6.45) is 0. The van der Waals surface area contributed by atoms with Gasteiger partial charge in [0, 0.05) is 10.6 Å². The quantitative estimate of drug-likeness (QED) is 0.340. The van der Waals surface area contributed by atoms with Crippen molar-refractivity contribution in [3.63, 3.8) is 0 Å². The summed E-state index contributed by atoms with van der Waals surface area (Å²) in [6.45, 7) is 0.830. The first-order valence-corrected chi connectivity index (χ1v) is 12.4. The number of carbonyl (C=O) groups excluding carboxylic acids is 2. The third-order valence-corrected chi connectivity index (χ3v) is 7.73. The molecule has 0 atom stereocenters. The number of amides is 2. The van der Waals surface area contributed by atoms with Gasteiger partial charge in [-0.3, -0.25) is 14.5 Å². The number of carbonyl (C=O) groups is 2. The van der Waals surface area contributed by atoms with Gasteiger partial charge < -0.3 is 14.4 Å². The number of hydrogen-bond acceptors (Lipinski definition) is 6. The van der Waals surface area contributed by atoms with E-state index >= 15 is 0 Å². The van der Waals surface area contributed by atoms with E-state index in [9.17, 15) is 9.59 Å². The Morgan fingerprint density at radius 1 is 0.857 bits per heavy atom. The molecular formula is C26H17ClN2O4S2. The standard InChI is InChI=1S/C26H17ClN2O4S2/c27-17-8-5-15(6-9-17)12-28-19-4-2-1-3-18(19)22(24(28)30)23-25(31)29(26(34)35-23)13-16-7-10-20-21(11-16)33-14-32-20/h1-11H,12-14H2. The number of thioether (sulfide) groups is 1. The lowest BCUT2D eigenvalue weighted by Crippen LogP contribution is -2.29. The van der Waals surface area contributed by atoms with Gasteiger partial charge >= 0.3 is 0 Å². The van der Waals surface area contributed by atoms with Gasteiger partial charge in [0.2, 0.25) is 6.79 Å². The van der Waals surface area contributed by atoms with Crippen LogP contribution in [0.5, 0.6) is 11.5 Å². The minimum atomic E-state index is -0.274. The molecular weight excluding hydrogens is 504 g/mol. The molecule has 0 aliphatic carbocycles. The first kappa shape index (κ1) is 22.2. The van der Waals surface area contributed by atoms with Crippen molar-refractivity contribution in [1.29, 1.82) is 0 Å². The largest absolute Gasteiger partial charge is 0.454 e. The molecule has 0 bridgehead atoms. The lowest BCUT2D eigenvalue weighted by molar-refractivity contribution is -0.122. The second-order valence-electron chi connectivity index (χ2n) is 8.19. The van der Waals surface area contributed by atoms with Crippen LogP contribution < -0.4 is 14.4 Å². The Balaban J connectivity index is 1.33. The van der Waals surface area contributed by atoms with Crippen LogP contribution in [0, 0.1) is 0 Å². The fourth-order valence-corrected chi connectivity index (χ4v) is 5.79. The Hall–Kier alpha value is -3.33. The van der Waals surface area contributed by atoms with Crippen LogP contribution in [-0.2, 0) is 22.7 Å². The Labute approximate surface area is 216 Å². The summed E-state index contributed by atoms with van der Waals surface area (Å²) >= 11 is 12.7. The van der Waals surface area contributed by atoms with E-state index in [4.69, 9.17) is 33.3 Å². The summed E-state index contributed by atoms with van der Waals surface area (Å²) in [6, 6.07) is 20.4. The maximum atomic E-state index is 13.7. The monoisotopic (exact) mass is 520 g/mol. The molecule has 1 fully saturated rings. The fourth-order valence-electron chi connectivity index (χ4n) is 4.34. The van der Waals surface area contributed by atoms with Gasteiger partial charge in [0.25, 0.3) is 11.8 Å². The number of ether oxygens (including phenoxy) is 2. The summed E-state index contributed by atoms with van der Waals surface area (Å²) in [5, 5.41) is 0.633. The van der Waals surface area contributed by atoms with Gasteiger partial charge in [-0.05, 0) is 41.5 Å². The number of halogens is 1. The van der Waals surface area contributed by atoms with E-state index in [-0.39, 0.29) is 25.2 Å². The third kappa shape index (κ3) is 3.87. The molecule has 0 spiro atoms. The van der Waals surface area contributed by atoms with E-state index in [1.54, 1.807) is 17.0 Å². The van der Waals surface area contributed by atoms with E-state index in [1.165, 1.54) is 16.7 Å². The molecule has 6 rings (SSSR count). The van der Waals surface area contributed by atoms with Crippen LogP contribution in [0.15, 0.2) is 71.6 Å². The number of nitrogens with zero attached hydrogens (tertiary/aromatic N) is 2. The Morgan fingerprint density at radius 2 is 1.57 bits per heavy atom. The van der Waals surface area contributed by atoms with E-state index in [0.29, 0.717) is 37.9 Å². The normalized spacial score (nSPS) is 18.6. The maximum Gasteiger partial charge on any atom is 0.267 e. The van der Waals surface area contributed by atoms with Crippen LogP contribution in [0.25, 0.3) is 5.57 Å². The maximum absolute atomic E-state index is 13.7. The van der Waals surface area contributed by atoms with Crippen molar-refractivity contribution >= 4 is 63.0 Å². The first-order valence-electron chi connectivity index (χ1n) is 10.8. The van der Waals surface area contributed by atoms with Gasteiger partial charge in [-0.15, -0.1) is 0 Å². The Bertz CT molecular complexity index is 1440. The molecule has 0 N–H and O–H groups in total. The second kappa shape index (κ2) is 8.71. The third-order valence-electron chi connectivity index (χ3n) is 6.03. The van der Waals surface area contributed by atoms with Gasteiger partial charge in [0.05, 0.1) is 29.3 Å². The zero-order valence-corrected chi connectivity index (χ0v) is 20.6. The van der Waals surface area contributed by atoms with Gasteiger partial charge in [-0.1, -0.05) is 72.0 Å². The number of hydrogen-bond donors (Lipinski definition) is 0. The van der Waals surface area contributed by atoms with Gasteiger partial charge in [0.15, 0.2) is 11.5 Å². The number of rotatable bonds is 4. The molecule has 1 saturated heterocycles. The van der Waals surface area contributed by atoms with Crippen LogP contribution >= 0.6 is 35.6 Å². The van der Waals surface area contributed by atoms with Crippen LogP contribution in [0.3, 0.4) is 0 Å². The fraction of sp³-hybridized carbons (Fsp3) is 0.115. The summed E-state index contributed by atoms with van der Waals surface area (Å²) in [4.78, 5) is 30.7. The van der Waals surface area contributed by atoms with Gasteiger partial charge in [0.1, 0.15) is 4.32 Å². The minimum absolute atomic E-state index is 0.181. The summed E-state index contributed by atoms with van der Waals surface area (Å²) in [7, 11) is 0. The first-order chi connectivity index (χ1) is 17.0. The molecule has 3 aliphatic rings. The highest BCUT2D eigenvalue weighted by molar-refractivity contribution is 8.26. The van der Waals surface area contributed by atoms with Crippen molar-refractivity contribution in [3.05, 3.63) is 93.3 Å². The highest BCUT2D eigenvalue weighted by Crippen LogP contribution is 2.45. The molecule has 2 amide bonds. The average molecular weight is 521 g/mol. The molecule has 174 valence electrons. The molecule has 35 heavy (non-hydrogen) atoms. The number of benzene rings is 3. The van der Waals surface area contributed by atoms with Crippen molar-refractivity contribution in [2.24, 2.45) is 0 Å². The molecule has 0 aromatic heterocycles. The minimum Gasteiger partial charge on any atom is -0.454 e.